The van der Waals surface area contributed by atoms with Gasteiger partial charge in [0.15, 0.2) is 0 Å². The minimum Gasteiger partial charge on any atom is -0.382 e. The van der Waals surface area contributed by atoms with Crippen molar-refractivity contribution in [2.45, 2.75) is 70.4 Å². The highest BCUT2D eigenvalue weighted by molar-refractivity contribution is 6.05. The molecule has 1 saturated heterocycles. The molecule has 3 aliphatic rings. The summed E-state index contributed by atoms with van der Waals surface area (Å²) < 4.78 is 1.89. The number of hydrogen-bond acceptors (Lipinski definition) is 7. The lowest BCUT2D eigenvalue weighted by Gasteiger charge is -2.30. The highest BCUT2D eigenvalue weighted by atomic mass is 16.2. The van der Waals surface area contributed by atoms with Crippen molar-refractivity contribution in [3.8, 4) is 0 Å². The summed E-state index contributed by atoms with van der Waals surface area (Å²) >= 11 is 0. The molecule has 0 bridgehead atoms. The molecule has 1 fully saturated rings. The van der Waals surface area contributed by atoms with Crippen LogP contribution in [0.5, 0.6) is 0 Å². The first kappa shape index (κ1) is 30.0. The zero-order valence-electron chi connectivity index (χ0n) is 26.9. The van der Waals surface area contributed by atoms with E-state index in [-0.39, 0.29) is 18.0 Å². The van der Waals surface area contributed by atoms with Crippen molar-refractivity contribution in [2.24, 2.45) is 0 Å². The maximum absolute atomic E-state index is 13.0. The van der Waals surface area contributed by atoms with Crippen molar-refractivity contribution in [3.05, 3.63) is 101 Å². The van der Waals surface area contributed by atoms with Crippen molar-refractivity contribution in [1.29, 1.82) is 0 Å². The average molecular weight is 642 g/mol. The third-order valence-electron chi connectivity index (χ3n) is 9.82. The van der Waals surface area contributed by atoms with E-state index in [0.29, 0.717) is 30.0 Å². The first-order chi connectivity index (χ1) is 23.6. The van der Waals surface area contributed by atoms with E-state index in [4.69, 9.17) is 4.98 Å². The molecule has 1 aliphatic carbocycles. The number of hydrogen-bond donors (Lipinski definition) is 3. The number of para-hydroxylation sites is 1. The number of amides is 3. The van der Waals surface area contributed by atoms with Crippen LogP contribution in [0.1, 0.15) is 76.6 Å². The molecule has 11 nitrogen and oxygen atoms in total. The Balaban J connectivity index is 0.861. The molecule has 0 radical (unpaired) electrons. The second-order valence-corrected chi connectivity index (χ2v) is 12.9. The van der Waals surface area contributed by atoms with Crippen LogP contribution >= 0.6 is 0 Å². The van der Waals surface area contributed by atoms with Crippen molar-refractivity contribution < 1.29 is 9.59 Å². The van der Waals surface area contributed by atoms with Gasteiger partial charge in [0.1, 0.15) is 5.82 Å². The number of urea groups is 1. The van der Waals surface area contributed by atoms with Crippen LogP contribution in [0.4, 0.5) is 22.0 Å². The zero-order valence-corrected chi connectivity index (χ0v) is 26.9. The summed E-state index contributed by atoms with van der Waals surface area (Å²) in [6.45, 7) is 2.21. The van der Waals surface area contributed by atoms with Crippen LogP contribution in [0.25, 0.3) is 10.9 Å². The van der Waals surface area contributed by atoms with Crippen molar-refractivity contribution in [1.82, 2.24) is 29.9 Å². The number of nitrogens with zero attached hydrogens (tertiary/aromatic N) is 6. The fraction of sp³-hybridized carbons (Fsp3) is 0.351. The van der Waals surface area contributed by atoms with Crippen LogP contribution in [0.15, 0.2) is 67.0 Å². The predicted octanol–water partition coefficient (Wildman–Crippen LogP) is 6.32. The number of nitrogens with one attached hydrogen (secondary N) is 3. The molecule has 11 heteroatoms. The minimum absolute atomic E-state index is 0.0282. The van der Waals surface area contributed by atoms with Crippen LogP contribution in [0, 0.1) is 0 Å². The monoisotopic (exact) mass is 641 g/mol. The second kappa shape index (κ2) is 13.1. The van der Waals surface area contributed by atoms with E-state index < -0.39 is 0 Å². The molecule has 2 aliphatic heterocycles. The third-order valence-corrected chi connectivity index (χ3v) is 9.82. The van der Waals surface area contributed by atoms with E-state index >= 15 is 0 Å². The fourth-order valence-electron chi connectivity index (χ4n) is 7.52. The maximum Gasteiger partial charge on any atom is 0.324 e. The zero-order chi connectivity index (χ0) is 32.5. The number of aromatic nitrogens is 5. The summed E-state index contributed by atoms with van der Waals surface area (Å²) in [5.74, 6) is 0.523. The van der Waals surface area contributed by atoms with E-state index in [9.17, 15) is 9.59 Å². The van der Waals surface area contributed by atoms with Gasteiger partial charge in [0, 0.05) is 59.1 Å². The van der Waals surface area contributed by atoms with Gasteiger partial charge >= 0.3 is 6.03 Å². The summed E-state index contributed by atoms with van der Waals surface area (Å²) in [5, 5.41) is 19.5. The van der Waals surface area contributed by atoms with Gasteiger partial charge < -0.3 is 15.5 Å². The lowest BCUT2D eigenvalue weighted by atomic mass is 9.92. The number of carbonyl (C=O) groups is 2. The molecule has 5 aromatic rings. The Morgan fingerprint density at radius 3 is 2.83 bits per heavy atom. The molecule has 0 saturated carbocycles. The van der Waals surface area contributed by atoms with Gasteiger partial charge in [-0.05, 0) is 99.2 Å². The summed E-state index contributed by atoms with van der Waals surface area (Å²) in [6, 6.07) is 17.4. The number of rotatable bonds is 9. The van der Waals surface area contributed by atoms with Crippen molar-refractivity contribution in [3.63, 3.8) is 0 Å². The summed E-state index contributed by atoms with van der Waals surface area (Å²) in [4.78, 5) is 37.2. The molecule has 2 aromatic carbocycles. The quantitative estimate of drug-likeness (QED) is 0.172. The Hall–Kier alpha value is -5.32. The normalized spacial score (nSPS) is 16.7. The molecule has 1 atom stereocenters. The van der Waals surface area contributed by atoms with E-state index in [2.05, 4.69) is 55.5 Å². The average Bonchev–Trinajstić information content (AvgIpc) is 3.69. The lowest BCUT2D eigenvalue weighted by molar-refractivity contribution is 0.0672. The molecular weight excluding hydrogens is 602 g/mol. The number of anilines is 3. The smallest absolute Gasteiger partial charge is 0.324 e. The molecule has 8 rings (SSSR count). The van der Waals surface area contributed by atoms with E-state index in [1.165, 1.54) is 35.2 Å². The van der Waals surface area contributed by atoms with E-state index in [0.717, 1.165) is 74.0 Å². The van der Waals surface area contributed by atoms with Gasteiger partial charge in [-0.3, -0.25) is 19.8 Å². The molecule has 3 N–H and O–H groups in total. The van der Waals surface area contributed by atoms with Gasteiger partial charge in [-0.25, -0.2) is 9.78 Å². The second-order valence-electron chi connectivity index (χ2n) is 12.9. The molecule has 48 heavy (non-hydrogen) atoms. The van der Waals surface area contributed by atoms with E-state index in [1.807, 2.05) is 46.1 Å². The number of fused-ring (bicyclic) bond motifs is 5. The van der Waals surface area contributed by atoms with Crippen LogP contribution in [-0.2, 0) is 32.2 Å². The van der Waals surface area contributed by atoms with Crippen molar-refractivity contribution >= 4 is 40.0 Å². The van der Waals surface area contributed by atoms with Gasteiger partial charge in [0.25, 0.3) is 5.91 Å². The largest absolute Gasteiger partial charge is 0.382 e. The highest BCUT2D eigenvalue weighted by Crippen LogP contribution is 2.43. The standard InChI is InChI=1S/C37H39N9O2/c47-36-28-10-7-13-31(34(28)32-14-5-6-20-46(32)36)41-37(48)42-33-22-24(17-18-38-33)15-16-25-23-45(44-43-25)21-19-39-35-26-8-1-3-11-29(26)40-30-12-4-2-9-27(30)35/h1,3,7-8,10-11,13,17-18,22-23,32H,2,4-6,9,12,14-16,19-21H2,(H,39,40)(H2,38,41,42,48). The molecule has 0 spiro atoms. The van der Waals surface area contributed by atoms with Crippen LogP contribution in [0.2, 0.25) is 0 Å². The number of benzene rings is 2. The molecule has 5 heterocycles. The Labute approximate surface area is 279 Å². The summed E-state index contributed by atoms with van der Waals surface area (Å²) in [7, 11) is 0. The van der Waals surface area contributed by atoms with Crippen LogP contribution < -0.4 is 16.0 Å². The maximum atomic E-state index is 13.0. The fourth-order valence-corrected chi connectivity index (χ4v) is 7.52. The SMILES string of the molecule is O=C(Nc1cc(CCc2cn(CCNc3c4c(nc5ccccc35)CCCC4)nn2)ccn1)Nc1cccc2c1C1CCCCN1C2=O. The number of aryl methyl sites for hydroxylation is 3. The van der Waals surface area contributed by atoms with Gasteiger partial charge in [0.05, 0.1) is 23.8 Å². The number of carbonyl (C=O) groups excluding carboxylic acids is 2. The lowest BCUT2D eigenvalue weighted by Crippen LogP contribution is -2.32. The third kappa shape index (κ3) is 5.96. The highest BCUT2D eigenvalue weighted by Gasteiger charge is 2.39. The summed E-state index contributed by atoms with van der Waals surface area (Å²) in [6.07, 6.45) is 12.7. The van der Waals surface area contributed by atoms with Gasteiger partial charge in [-0.2, -0.15) is 0 Å². The first-order valence-corrected chi connectivity index (χ1v) is 17.1. The Bertz CT molecular complexity index is 2000. The Morgan fingerprint density at radius 2 is 1.88 bits per heavy atom. The van der Waals surface area contributed by atoms with E-state index in [1.54, 1.807) is 6.20 Å². The van der Waals surface area contributed by atoms with Crippen LogP contribution in [-0.4, -0.2) is 54.9 Å². The summed E-state index contributed by atoms with van der Waals surface area (Å²) in [5.41, 5.74) is 9.09. The molecule has 3 aromatic heterocycles. The molecular formula is C37H39N9O2. The predicted molar refractivity (Wildman–Crippen MR) is 185 cm³/mol. The Kier molecular flexibility index (Phi) is 8.17. The molecule has 1 unspecified atom stereocenters. The minimum atomic E-state index is -0.383. The number of pyridine rings is 2. The van der Waals surface area contributed by atoms with Gasteiger partial charge in [0.2, 0.25) is 0 Å². The van der Waals surface area contributed by atoms with Crippen molar-refractivity contribution in [2.75, 3.05) is 29.0 Å². The topological polar surface area (TPSA) is 130 Å². The van der Waals surface area contributed by atoms with Gasteiger partial charge in [-0.1, -0.05) is 29.5 Å². The Morgan fingerprint density at radius 1 is 0.958 bits per heavy atom. The molecule has 3 amide bonds. The molecule has 244 valence electrons. The number of piperidine rings is 1. The van der Waals surface area contributed by atoms with Gasteiger partial charge in [-0.15, -0.1) is 5.10 Å². The first-order valence-electron chi connectivity index (χ1n) is 17.1. The van der Waals surface area contributed by atoms with Crippen LogP contribution in [0.3, 0.4) is 0 Å².